The molecule has 0 heterocycles. The van der Waals surface area contributed by atoms with E-state index in [9.17, 15) is 4.79 Å². The van der Waals surface area contributed by atoms with Gasteiger partial charge in [0.1, 0.15) is 5.78 Å². The number of hydrogen-bond donors (Lipinski definition) is 0. The smallest absolute Gasteiger partial charge is 0.138 e. The number of hydrogen-bond acceptors (Lipinski definition) is 1. The molecule has 4 saturated carbocycles. The van der Waals surface area contributed by atoms with Crippen LogP contribution in [0, 0.1) is 5.92 Å². The molecule has 4 aliphatic carbocycles. The molecule has 0 N–H and O–H groups in total. The van der Waals surface area contributed by atoms with Gasteiger partial charge in [0.15, 0.2) is 0 Å². The predicted molar refractivity (Wildman–Crippen MR) is 97.5 cm³/mol. The number of Topliss-reactive ketones (excluding diaryl/α,β-unsaturated/α-hetero) is 1. The number of fused-ring (bicyclic) bond motifs is 1. The molecule has 7 rings (SSSR count). The Morgan fingerprint density at radius 1 is 0.600 bits per heavy atom. The Hall–Kier alpha value is -2.67. The van der Waals surface area contributed by atoms with Crippen LogP contribution in [-0.2, 0) is 21.0 Å². The summed E-state index contributed by atoms with van der Waals surface area (Å²) in [4.78, 5) is 13.0. The van der Waals surface area contributed by atoms with Crippen LogP contribution in [0.15, 0.2) is 91.0 Å². The second-order valence-electron chi connectivity index (χ2n) is 7.70. The Balaban J connectivity index is 1.67. The van der Waals surface area contributed by atoms with Gasteiger partial charge in [0.25, 0.3) is 0 Å². The molecule has 0 saturated heterocycles. The van der Waals surface area contributed by atoms with Crippen molar-refractivity contribution < 1.29 is 4.79 Å². The van der Waals surface area contributed by atoms with Crippen molar-refractivity contribution in [2.45, 2.75) is 22.7 Å². The SMILES string of the molecule is O=C1CC2(c3ccccc3)[C@@]3(c4ccccc4)C1[C@]23c1ccccc1. The Morgan fingerprint density at radius 3 is 1.44 bits per heavy atom. The third kappa shape index (κ3) is 1.15. The summed E-state index contributed by atoms with van der Waals surface area (Å²) in [6.45, 7) is 0. The van der Waals surface area contributed by atoms with Gasteiger partial charge in [0, 0.05) is 28.6 Å². The first kappa shape index (κ1) is 13.6. The van der Waals surface area contributed by atoms with E-state index in [1.54, 1.807) is 0 Å². The second-order valence-corrected chi connectivity index (χ2v) is 7.70. The molecule has 120 valence electrons. The minimum absolute atomic E-state index is 0.0406. The highest BCUT2D eigenvalue weighted by Crippen LogP contribution is 3.03. The van der Waals surface area contributed by atoms with Gasteiger partial charge < -0.3 is 0 Å². The zero-order valence-corrected chi connectivity index (χ0v) is 13.9. The van der Waals surface area contributed by atoms with Crippen molar-refractivity contribution in [1.82, 2.24) is 0 Å². The molecule has 4 aliphatic rings. The standard InChI is InChI=1S/C24H18O/c25-20-16-22(17-10-4-1-5-11-17)23(18-12-6-2-7-13-18)21(20)24(22,23)19-14-8-3-9-15-19/h1-15,21H,16H2/t21?,22?,23-,24-/m1/s1. The van der Waals surface area contributed by atoms with E-state index in [2.05, 4.69) is 91.0 Å². The summed E-state index contributed by atoms with van der Waals surface area (Å²) in [6, 6.07) is 32.2. The van der Waals surface area contributed by atoms with Crippen molar-refractivity contribution in [3.8, 4) is 0 Å². The summed E-state index contributed by atoms with van der Waals surface area (Å²) < 4.78 is 0. The van der Waals surface area contributed by atoms with E-state index in [-0.39, 0.29) is 22.2 Å². The lowest BCUT2D eigenvalue weighted by molar-refractivity contribution is -0.118. The maximum absolute atomic E-state index is 13.0. The molecule has 0 aromatic heterocycles. The van der Waals surface area contributed by atoms with E-state index >= 15 is 0 Å². The molecule has 0 radical (unpaired) electrons. The molecule has 3 aromatic carbocycles. The van der Waals surface area contributed by atoms with E-state index in [1.165, 1.54) is 16.7 Å². The van der Waals surface area contributed by atoms with E-state index in [4.69, 9.17) is 0 Å². The molecular weight excluding hydrogens is 304 g/mol. The van der Waals surface area contributed by atoms with Crippen LogP contribution in [0.3, 0.4) is 0 Å². The maximum Gasteiger partial charge on any atom is 0.138 e. The Labute approximate surface area is 147 Å². The number of carbonyl (C=O) groups excluding carboxylic acids is 1. The Kier molecular flexibility index (Phi) is 2.23. The Morgan fingerprint density at radius 2 is 1.00 bits per heavy atom. The molecule has 1 heteroatoms. The lowest BCUT2D eigenvalue weighted by atomic mass is 9.75. The van der Waals surface area contributed by atoms with Crippen molar-refractivity contribution in [3.05, 3.63) is 108 Å². The van der Waals surface area contributed by atoms with Gasteiger partial charge in [-0.2, -0.15) is 0 Å². The van der Waals surface area contributed by atoms with E-state index in [0.29, 0.717) is 12.2 Å². The van der Waals surface area contributed by atoms with Crippen LogP contribution in [0.5, 0.6) is 0 Å². The van der Waals surface area contributed by atoms with Crippen LogP contribution in [0.1, 0.15) is 23.1 Å². The third-order valence-electron chi connectivity index (χ3n) is 7.17. The minimum Gasteiger partial charge on any atom is -0.299 e. The molecule has 0 amide bonds. The van der Waals surface area contributed by atoms with Gasteiger partial charge in [-0.3, -0.25) is 4.79 Å². The predicted octanol–water partition coefficient (Wildman–Crippen LogP) is 4.42. The summed E-state index contributed by atoms with van der Waals surface area (Å²) in [7, 11) is 0. The lowest BCUT2D eigenvalue weighted by Gasteiger charge is -2.25. The normalized spacial score (nSPS) is 36.8. The topological polar surface area (TPSA) is 17.1 Å². The van der Waals surface area contributed by atoms with Gasteiger partial charge in [0.2, 0.25) is 0 Å². The van der Waals surface area contributed by atoms with Crippen LogP contribution in [0.2, 0.25) is 0 Å². The van der Waals surface area contributed by atoms with Gasteiger partial charge in [0.05, 0.1) is 0 Å². The highest BCUT2D eigenvalue weighted by molar-refractivity contribution is 6.08. The first-order valence-corrected chi connectivity index (χ1v) is 9.01. The fraction of sp³-hybridized carbons (Fsp3) is 0.208. The molecule has 25 heavy (non-hydrogen) atoms. The summed E-state index contributed by atoms with van der Waals surface area (Å²) >= 11 is 0. The number of ketones is 1. The minimum atomic E-state index is -0.0638. The molecule has 0 aliphatic heterocycles. The van der Waals surface area contributed by atoms with Gasteiger partial charge in [-0.05, 0) is 16.7 Å². The van der Waals surface area contributed by atoms with E-state index in [0.717, 1.165) is 0 Å². The van der Waals surface area contributed by atoms with Crippen LogP contribution < -0.4 is 0 Å². The average molecular weight is 322 g/mol. The molecule has 0 spiro atoms. The van der Waals surface area contributed by atoms with Gasteiger partial charge in [-0.15, -0.1) is 0 Å². The number of benzene rings is 3. The maximum atomic E-state index is 13.0. The molecule has 3 aromatic rings. The monoisotopic (exact) mass is 322 g/mol. The zero-order valence-electron chi connectivity index (χ0n) is 13.9. The van der Waals surface area contributed by atoms with Crippen LogP contribution in [0.25, 0.3) is 0 Å². The van der Waals surface area contributed by atoms with E-state index in [1.807, 2.05) is 0 Å². The summed E-state index contributed by atoms with van der Waals surface area (Å²) in [5.74, 6) is 0.585. The molecular formula is C24H18O. The molecule has 0 unspecified atom stereocenters. The summed E-state index contributed by atoms with van der Waals surface area (Å²) in [6.07, 6.45) is 0.672. The number of carbonyl (C=O) groups is 1. The van der Waals surface area contributed by atoms with Crippen LogP contribution in [-0.4, -0.2) is 5.78 Å². The second kappa shape index (κ2) is 4.11. The van der Waals surface area contributed by atoms with Gasteiger partial charge in [-0.25, -0.2) is 0 Å². The fourth-order valence-corrected chi connectivity index (χ4v) is 6.66. The van der Waals surface area contributed by atoms with Crippen molar-refractivity contribution in [3.63, 3.8) is 0 Å². The quantitative estimate of drug-likeness (QED) is 0.698. The van der Waals surface area contributed by atoms with Crippen molar-refractivity contribution in [2.75, 3.05) is 0 Å². The van der Waals surface area contributed by atoms with Crippen molar-refractivity contribution >= 4 is 5.78 Å². The fourth-order valence-electron chi connectivity index (χ4n) is 6.66. The third-order valence-corrected chi connectivity index (χ3v) is 7.17. The van der Waals surface area contributed by atoms with Crippen molar-refractivity contribution in [1.29, 1.82) is 0 Å². The molecule has 2 bridgehead atoms. The molecule has 1 nitrogen and oxygen atoms in total. The lowest BCUT2D eigenvalue weighted by Crippen LogP contribution is -2.26. The highest BCUT2D eigenvalue weighted by Gasteiger charge is 3.11. The average Bonchev–Trinajstić information content (AvgIpc) is 3.41. The van der Waals surface area contributed by atoms with E-state index < -0.39 is 0 Å². The summed E-state index contributed by atoms with van der Waals surface area (Å²) in [5.41, 5.74) is 3.84. The van der Waals surface area contributed by atoms with Gasteiger partial charge in [-0.1, -0.05) is 91.0 Å². The van der Waals surface area contributed by atoms with Crippen LogP contribution >= 0.6 is 0 Å². The number of rotatable bonds is 3. The first-order chi connectivity index (χ1) is 12.3. The highest BCUT2D eigenvalue weighted by atomic mass is 16.1. The largest absolute Gasteiger partial charge is 0.299 e. The molecule has 4 fully saturated rings. The first-order valence-electron chi connectivity index (χ1n) is 9.01. The van der Waals surface area contributed by atoms with Crippen molar-refractivity contribution in [2.24, 2.45) is 5.92 Å². The Bertz CT molecular complexity index is 871. The van der Waals surface area contributed by atoms with Crippen LogP contribution in [0.4, 0.5) is 0 Å². The summed E-state index contributed by atoms with van der Waals surface area (Å²) in [5, 5.41) is 0. The molecule has 2 atom stereocenters. The zero-order chi connectivity index (χ0) is 16.7. The van der Waals surface area contributed by atoms with Gasteiger partial charge >= 0.3 is 0 Å².